The van der Waals surface area contributed by atoms with Crippen molar-refractivity contribution >= 4 is 31.6 Å². The third kappa shape index (κ3) is 2.97. The van der Waals surface area contributed by atoms with Crippen molar-refractivity contribution in [3.8, 4) is 0 Å². The van der Waals surface area contributed by atoms with Crippen LogP contribution in [0.4, 0.5) is 5.69 Å². The molecule has 1 heterocycles. The minimum atomic E-state index is -3.58. The average Bonchev–Trinajstić information content (AvgIpc) is 2.90. The number of fused-ring (bicyclic) bond motifs is 1. The first-order chi connectivity index (χ1) is 9.95. The van der Waals surface area contributed by atoms with E-state index in [4.69, 9.17) is 0 Å². The first-order valence-electron chi connectivity index (χ1n) is 6.57. The second kappa shape index (κ2) is 5.44. The predicted octanol–water partition coefficient (Wildman–Crippen LogP) is 3.16. The second-order valence-electron chi connectivity index (χ2n) is 5.12. The van der Waals surface area contributed by atoms with E-state index in [-0.39, 0.29) is 0 Å². The van der Waals surface area contributed by atoms with Gasteiger partial charge in [0.1, 0.15) is 0 Å². The summed E-state index contributed by atoms with van der Waals surface area (Å²) in [7, 11) is -3.58. The maximum atomic E-state index is 12.5. The Morgan fingerprint density at radius 1 is 1.10 bits per heavy atom. The van der Waals surface area contributed by atoms with E-state index in [2.05, 4.69) is 26.0 Å². The largest absolute Gasteiger partial charge is 0.309 e. The Kier molecular flexibility index (Phi) is 3.77. The highest BCUT2D eigenvalue weighted by atomic mass is 79.9. The summed E-state index contributed by atoms with van der Waals surface area (Å²) in [5.74, 6) is 0. The van der Waals surface area contributed by atoms with Gasteiger partial charge in [-0.3, -0.25) is 4.72 Å². The van der Waals surface area contributed by atoms with Crippen LogP contribution in [-0.2, 0) is 23.1 Å². The van der Waals surface area contributed by atoms with Gasteiger partial charge in [-0.1, -0.05) is 12.1 Å². The van der Waals surface area contributed by atoms with E-state index in [0.717, 1.165) is 27.7 Å². The molecule has 1 aliphatic heterocycles. The summed E-state index contributed by atoms with van der Waals surface area (Å²) in [5.41, 5.74) is 3.74. The first kappa shape index (κ1) is 14.6. The molecule has 110 valence electrons. The van der Waals surface area contributed by atoms with Crippen LogP contribution in [0.3, 0.4) is 0 Å². The van der Waals surface area contributed by atoms with Crippen molar-refractivity contribution in [2.75, 3.05) is 4.72 Å². The number of rotatable bonds is 3. The van der Waals surface area contributed by atoms with Crippen LogP contribution in [0.1, 0.15) is 16.7 Å². The van der Waals surface area contributed by atoms with Gasteiger partial charge in [-0.05, 0) is 63.8 Å². The van der Waals surface area contributed by atoms with Crippen LogP contribution in [0.25, 0.3) is 0 Å². The fourth-order valence-electron chi connectivity index (χ4n) is 2.36. The van der Waals surface area contributed by atoms with Crippen LogP contribution < -0.4 is 10.0 Å². The van der Waals surface area contributed by atoms with Gasteiger partial charge in [-0.25, -0.2) is 8.42 Å². The molecule has 0 saturated heterocycles. The summed E-state index contributed by atoms with van der Waals surface area (Å²) in [6.07, 6.45) is 0. The molecule has 0 amide bonds. The SMILES string of the molecule is Cc1ccc(Br)c(NS(=O)(=O)c2ccc3c(c2)CNC3)c1. The Balaban J connectivity index is 1.95. The van der Waals surface area contributed by atoms with Gasteiger partial charge >= 0.3 is 0 Å². The van der Waals surface area contributed by atoms with Gasteiger partial charge in [0.25, 0.3) is 10.0 Å². The number of anilines is 1. The van der Waals surface area contributed by atoms with Gasteiger partial charge in [-0.2, -0.15) is 0 Å². The Labute approximate surface area is 132 Å². The maximum Gasteiger partial charge on any atom is 0.261 e. The number of hydrogen-bond donors (Lipinski definition) is 2. The second-order valence-corrected chi connectivity index (χ2v) is 7.66. The Morgan fingerprint density at radius 3 is 2.67 bits per heavy atom. The van der Waals surface area contributed by atoms with E-state index in [0.29, 0.717) is 17.1 Å². The zero-order valence-corrected chi connectivity index (χ0v) is 13.9. The van der Waals surface area contributed by atoms with E-state index >= 15 is 0 Å². The number of halogens is 1. The third-order valence-corrected chi connectivity index (χ3v) is 5.54. The molecule has 0 spiro atoms. The summed E-state index contributed by atoms with van der Waals surface area (Å²) < 4.78 is 28.4. The zero-order chi connectivity index (χ0) is 15.0. The molecule has 0 fully saturated rings. The molecule has 0 radical (unpaired) electrons. The standard InChI is InChI=1S/C15H15BrN2O2S/c1-10-2-5-14(16)15(6-10)18-21(19,20)13-4-3-11-8-17-9-12(11)7-13/h2-7,17-18H,8-9H2,1H3. The molecule has 0 aromatic heterocycles. The predicted molar refractivity (Wildman–Crippen MR) is 86.7 cm³/mol. The lowest BCUT2D eigenvalue weighted by Crippen LogP contribution is -2.13. The third-order valence-electron chi connectivity index (χ3n) is 3.49. The summed E-state index contributed by atoms with van der Waals surface area (Å²) in [5, 5.41) is 3.21. The van der Waals surface area contributed by atoms with E-state index in [1.807, 2.05) is 25.1 Å². The number of nitrogens with one attached hydrogen (secondary N) is 2. The fourth-order valence-corrected chi connectivity index (χ4v) is 3.96. The summed E-state index contributed by atoms with van der Waals surface area (Å²) in [6, 6.07) is 10.8. The van der Waals surface area contributed by atoms with Gasteiger partial charge in [-0.15, -0.1) is 0 Å². The molecule has 0 saturated carbocycles. The number of aryl methyl sites for hydroxylation is 1. The van der Waals surface area contributed by atoms with Crippen LogP contribution in [-0.4, -0.2) is 8.42 Å². The number of sulfonamides is 1. The van der Waals surface area contributed by atoms with Crippen molar-refractivity contribution in [2.24, 2.45) is 0 Å². The molecule has 0 atom stereocenters. The van der Waals surface area contributed by atoms with Crippen LogP contribution in [0, 0.1) is 6.92 Å². The topological polar surface area (TPSA) is 58.2 Å². The van der Waals surface area contributed by atoms with Gasteiger partial charge in [0, 0.05) is 17.6 Å². The van der Waals surface area contributed by atoms with Gasteiger partial charge in [0.05, 0.1) is 10.6 Å². The molecular weight excluding hydrogens is 352 g/mol. The Morgan fingerprint density at radius 2 is 1.86 bits per heavy atom. The monoisotopic (exact) mass is 366 g/mol. The van der Waals surface area contributed by atoms with Crippen LogP contribution in [0.2, 0.25) is 0 Å². The molecule has 4 nitrogen and oxygen atoms in total. The van der Waals surface area contributed by atoms with Crippen LogP contribution in [0.15, 0.2) is 45.8 Å². The Bertz CT molecular complexity index is 803. The minimum absolute atomic E-state index is 0.290. The minimum Gasteiger partial charge on any atom is -0.309 e. The normalized spacial score (nSPS) is 14.0. The first-order valence-corrected chi connectivity index (χ1v) is 8.85. The molecule has 2 aromatic rings. The number of benzene rings is 2. The molecule has 2 N–H and O–H groups in total. The summed E-state index contributed by atoms with van der Waals surface area (Å²) in [6.45, 7) is 3.44. The molecule has 21 heavy (non-hydrogen) atoms. The van der Waals surface area contributed by atoms with Crippen molar-refractivity contribution in [2.45, 2.75) is 24.9 Å². The number of hydrogen-bond acceptors (Lipinski definition) is 3. The van der Waals surface area contributed by atoms with Gasteiger partial charge in [0.15, 0.2) is 0 Å². The highest BCUT2D eigenvalue weighted by molar-refractivity contribution is 9.10. The van der Waals surface area contributed by atoms with E-state index in [1.54, 1.807) is 18.2 Å². The van der Waals surface area contributed by atoms with E-state index in [9.17, 15) is 8.42 Å². The molecule has 0 bridgehead atoms. The van der Waals surface area contributed by atoms with Crippen molar-refractivity contribution in [1.29, 1.82) is 0 Å². The van der Waals surface area contributed by atoms with Crippen LogP contribution >= 0.6 is 15.9 Å². The lowest BCUT2D eigenvalue weighted by Gasteiger charge is -2.11. The zero-order valence-electron chi connectivity index (χ0n) is 11.5. The van der Waals surface area contributed by atoms with E-state index < -0.39 is 10.0 Å². The maximum absolute atomic E-state index is 12.5. The molecule has 0 aliphatic carbocycles. The molecule has 6 heteroatoms. The molecule has 0 unspecified atom stereocenters. The highest BCUT2D eigenvalue weighted by Gasteiger charge is 2.19. The highest BCUT2D eigenvalue weighted by Crippen LogP contribution is 2.27. The quantitative estimate of drug-likeness (QED) is 0.876. The van der Waals surface area contributed by atoms with Crippen molar-refractivity contribution in [1.82, 2.24) is 5.32 Å². The van der Waals surface area contributed by atoms with Crippen molar-refractivity contribution in [3.63, 3.8) is 0 Å². The van der Waals surface area contributed by atoms with Gasteiger partial charge in [0.2, 0.25) is 0 Å². The fraction of sp³-hybridized carbons (Fsp3) is 0.200. The molecule has 2 aromatic carbocycles. The lowest BCUT2D eigenvalue weighted by molar-refractivity contribution is 0.601. The van der Waals surface area contributed by atoms with Crippen LogP contribution in [0.5, 0.6) is 0 Å². The molecule has 1 aliphatic rings. The molecular formula is C15H15BrN2O2S. The van der Waals surface area contributed by atoms with Crippen molar-refractivity contribution < 1.29 is 8.42 Å². The Hall–Kier alpha value is -1.37. The lowest BCUT2D eigenvalue weighted by atomic mass is 10.1. The van der Waals surface area contributed by atoms with Gasteiger partial charge < -0.3 is 5.32 Å². The summed E-state index contributed by atoms with van der Waals surface area (Å²) >= 11 is 3.37. The van der Waals surface area contributed by atoms with E-state index in [1.165, 1.54) is 0 Å². The summed E-state index contributed by atoms with van der Waals surface area (Å²) in [4.78, 5) is 0.290. The average molecular weight is 367 g/mol. The smallest absolute Gasteiger partial charge is 0.261 e. The van der Waals surface area contributed by atoms with Crippen molar-refractivity contribution in [3.05, 3.63) is 57.6 Å². The molecule has 3 rings (SSSR count).